The van der Waals surface area contributed by atoms with Gasteiger partial charge in [-0.15, -0.1) is 0 Å². The van der Waals surface area contributed by atoms with E-state index in [9.17, 15) is 5.21 Å². The largest absolute Gasteiger partial charge is 0.497 e. The Kier molecular flexibility index (Phi) is 6.02. The lowest BCUT2D eigenvalue weighted by molar-refractivity contribution is 0.234. The third kappa shape index (κ3) is 4.83. The maximum absolute atomic E-state index is 9.44. The van der Waals surface area contributed by atoms with Gasteiger partial charge >= 0.3 is 0 Å². The van der Waals surface area contributed by atoms with E-state index < -0.39 is 0 Å². The molecule has 3 rings (SSSR count). The number of hydroxylamine groups is 1. The molecular weight excluding hydrogens is 342 g/mol. The van der Waals surface area contributed by atoms with Crippen molar-refractivity contribution in [3.05, 3.63) is 83.6 Å². The molecule has 1 aromatic heterocycles. The van der Waals surface area contributed by atoms with Gasteiger partial charge in [0.15, 0.2) is 5.84 Å². The van der Waals surface area contributed by atoms with E-state index in [0.717, 1.165) is 11.1 Å². The van der Waals surface area contributed by atoms with Crippen LogP contribution in [-0.4, -0.2) is 23.1 Å². The number of nitrogens with zero attached hydrogens (tertiary/aromatic N) is 2. The van der Waals surface area contributed by atoms with E-state index in [1.165, 1.54) is 0 Å². The maximum Gasteiger partial charge on any atom is 0.219 e. The van der Waals surface area contributed by atoms with Gasteiger partial charge in [-0.1, -0.05) is 30.3 Å². The fourth-order valence-corrected chi connectivity index (χ4v) is 2.51. The van der Waals surface area contributed by atoms with Crippen molar-refractivity contribution in [1.82, 2.24) is 10.5 Å². The molecule has 0 unspecified atom stereocenters. The van der Waals surface area contributed by atoms with Crippen LogP contribution in [0.3, 0.4) is 0 Å². The number of rotatable bonds is 6. The van der Waals surface area contributed by atoms with Gasteiger partial charge in [0.05, 0.1) is 13.7 Å². The van der Waals surface area contributed by atoms with Gasteiger partial charge in [0.25, 0.3) is 0 Å². The van der Waals surface area contributed by atoms with Gasteiger partial charge in [-0.3, -0.25) is 15.7 Å². The smallest absolute Gasteiger partial charge is 0.219 e. The number of ether oxygens (including phenoxy) is 2. The van der Waals surface area contributed by atoms with Gasteiger partial charge in [0.2, 0.25) is 5.88 Å². The molecule has 0 aliphatic rings. The Bertz CT molecular complexity index is 924. The summed E-state index contributed by atoms with van der Waals surface area (Å²) < 4.78 is 10.9. The molecule has 6 nitrogen and oxygen atoms in total. The van der Waals surface area contributed by atoms with Crippen LogP contribution in [0.1, 0.15) is 16.7 Å². The molecule has 3 aromatic rings. The molecule has 0 saturated carbocycles. The fourth-order valence-electron chi connectivity index (χ4n) is 2.51. The third-order valence-electron chi connectivity index (χ3n) is 4.05. The SMILES string of the molecule is COc1cccc(Oc2ccc(C(=NCc3ccccc3C)NO)cn2)c1. The number of aryl methyl sites for hydroxylation is 1. The normalized spacial score (nSPS) is 11.1. The molecule has 0 atom stereocenters. The Morgan fingerprint density at radius 1 is 1.07 bits per heavy atom. The van der Waals surface area contributed by atoms with Crippen LogP contribution < -0.4 is 15.0 Å². The van der Waals surface area contributed by atoms with E-state index in [0.29, 0.717) is 35.3 Å². The Morgan fingerprint density at radius 3 is 2.59 bits per heavy atom. The molecule has 138 valence electrons. The molecule has 0 amide bonds. The van der Waals surface area contributed by atoms with Gasteiger partial charge in [-0.2, -0.15) is 0 Å². The van der Waals surface area contributed by atoms with Gasteiger partial charge in [-0.25, -0.2) is 4.98 Å². The number of amidine groups is 1. The van der Waals surface area contributed by atoms with Gasteiger partial charge < -0.3 is 9.47 Å². The Balaban J connectivity index is 1.72. The predicted octanol–water partition coefficient (Wildman–Crippen LogP) is 4.12. The van der Waals surface area contributed by atoms with Crippen LogP contribution in [0.15, 0.2) is 71.9 Å². The molecule has 6 heteroatoms. The van der Waals surface area contributed by atoms with E-state index in [4.69, 9.17) is 9.47 Å². The van der Waals surface area contributed by atoms with Crippen LogP contribution in [0.4, 0.5) is 0 Å². The van der Waals surface area contributed by atoms with Crippen molar-refractivity contribution in [1.29, 1.82) is 0 Å². The number of hydrogen-bond donors (Lipinski definition) is 2. The van der Waals surface area contributed by atoms with Crippen molar-refractivity contribution in [3.63, 3.8) is 0 Å². The van der Waals surface area contributed by atoms with Crippen molar-refractivity contribution in [3.8, 4) is 17.4 Å². The van der Waals surface area contributed by atoms with Crippen molar-refractivity contribution in [2.75, 3.05) is 7.11 Å². The van der Waals surface area contributed by atoms with Gasteiger partial charge in [0, 0.05) is 23.9 Å². The molecule has 0 saturated heterocycles. The molecular formula is C21H21N3O3. The maximum atomic E-state index is 9.44. The van der Waals surface area contributed by atoms with Crippen molar-refractivity contribution in [2.45, 2.75) is 13.5 Å². The number of aliphatic imine (C=N–C) groups is 1. The molecule has 1 heterocycles. The topological polar surface area (TPSA) is 76.0 Å². The first-order valence-corrected chi connectivity index (χ1v) is 8.47. The minimum absolute atomic E-state index is 0.346. The van der Waals surface area contributed by atoms with Gasteiger partial charge in [-0.05, 0) is 36.2 Å². The van der Waals surface area contributed by atoms with Crippen molar-refractivity contribution < 1.29 is 14.7 Å². The monoisotopic (exact) mass is 363 g/mol. The lowest BCUT2D eigenvalue weighted by Crippen LogP contribution is -2.20. The Hall–Kier alpha value is -3.38. The summed E-state index contributed by atoms with van der Waals surface area (Å²) in [6.45, 7) is 2.49. The summed E-state index contributed by atoms with van der Waals surface area (Å²) in [6, 6.07) is 18.8. The highest BCUT2D eigenvalue weighted by atomic mass is 16.5. The highest BCUT2D eigenvalue weighted by Gasteiger charge is 2.06. The molecule has 0 spiro atoms. The zero-order valence-electron chi connectivity index (χ0n) is 15.2. The standard InChI is InChI=1S/C21H21N3O3/c1-15-6-3-4-7-16(15)13-23-21(24-25)17-10-11-20(22-14-17)27-19-9-5-8-18(12-19)26-2/h3-12,14,25H,13H2,1-2H3,(H,23,24). The summed E-state index contributed by atoms with van der Waals surface area (Å²) in [5.74, 6) is 2.12. The Labute approximate surface area is 158 Å². The van der Waals surface area contributed by atoms with Crippen LogP contribution in [0, 0.1) is 6.92 Å². The molecule has 2 aromatic carbocycles. The molecule has 0 radical (unpaired) electrons. The second kappa shape index (κ2) is 8.82. The predicted molar refractivity (Wildman–Crippen MR) is 104 cm³/mol. The van der Waals surface area contributed by atoms with E-state index in [-0.39, 0.29) is 0 Å². The summed E-state index contributed by atoms with van der Waals surface area (Å²) in [5.41, 5.74) is 5.05. The summed E-state index contributed by atoms with van der Waals surface area (Å²) in [5, 5.41) is 9.44. The first kappa shape index (κ1) is 18.4. The van der Waals surface area contributed by atoms with Gasteiger partial charge in [0.1, 0.15) is 11.5 Å². The molecule has 0 bridgehead atoms. The Morgan fingerprint density at radius 2 is 1.89 bits per heavy atom. The average Bonchev–Trinajstić information content (AvgIpc) is 2.71. The van der Waals surface area contributed by atoms with Crippen LogP contribution in [0.2, 0.25) is 0 Å². The number of aromatic nitrogens is 1. The summed E-state index contributed by atoms with van der Waals surface area (Å²) in [7, 11) is 1.60. The van der Waals surface area contributed by atoms with Crippen LogP contribution >= 0.6 is 0 Å². The third-order valence-corrected chi connectivity index (χ3v) is 4.05. The second-order valence-electron chi connectivity index (χ2n) is 5.87. The molecule has 27 heavy (non-hydrogen) atoms. The number of methoxy groups -OCH3 is 1. The molecule has 2 N–H and O–H groups in total. The summed E-state index contributed by atoms with van der Waals surface area (Å²) in [6.07, 6.45) is 1.59. The zero-order valence-corrected chi connectivity index (χ0v) is 15.2. The second-order valence-corrected chi connectivity index (χ2v) is 5.87. The van der Waals surface area contributed by atoms with Crippen LogP contribution in [0.5, 0.6) is 17.4 Å². The first-order valence-electron chi connectivity index (χ1n) is 8.47. The number of hydrogen-bond acceptors (Lipinski definition) is 5. The van der Waals surface area contributed by atoms with Crippen LogP contribution in [-0.2, 0) is 6.54 Å². The molecule has 0 aliphatic carbocycles. The summed E-state index contributed by atoms with van der Waals surface area (Å²) in [4.78, 5) is 8.71. The van der Waals surface area contributed by atoms with E-state index in [1.54, 1.807) is 31.5 Å². The van der Waals surface area contributed by atoms with E-state index in [1.807, 2.05) is 49.4 Å². The average molecular weight is 363 g/mol. The lowest BCUT2D eigenvalue weighted by Gasteiger charge is -2.09. The highest BCUT2D eigenvalue weighted by Crippen LogP contribution is 2.23. The van der Waals surface area contributed by atoms with E-state index in [2.05, 4.69) is 15.5 Å². The van der Waals surface area contributed by atoms with E-state index >= 15 is 0 Å². The fraction of sp³-hybridized carbons (Fsp3) is 0.143. The zero-order chi connectivity index (χ0) is 19.1. The highest BCUT2D eigenvalue weighted by molar-refractivity contribution is 5.97. The van der Waals surface area contributed by atoms with Crippen molar-refractivity contribution >= 4 is 5.84 Å². The van der Waals surface area contributed by atoms with Crippen LogP contribution in [0.25, 0.3) is 0 Å². The number of pyridine rings is 1. The first-order chi connectivity index (χ1) is 13.2. The quantitative estimate of drug-likeness (QED) is 0.391. The lowest BCUT2D eigenvalue weighted by atomic mass is 10.1. The summed E-state index contributed by atoms with van der Waals surface area (Å²) >= 11 is 0. The van der Waals surface area contributed by atoms with Crippen molar-refractivity contribution in [2.24, 2.45) is 4.99 Å². The molecule has 0 fully saturated rings. The number of nitrogens with one attached hydrogen (secondary N) is 1. The number of benzene rings is 2. The minimum atomic E-state index is 0.346. The minimum Gasteiger partial charge on any atom is -0.497 e. The molecule has 0 aliphatic heterocycles.